The fourth-order valence-corrected chi connectivity index (χ4v) is 3.22. The van der Waals surface area contributed by atoms with Crippen LogP contribution in [-0.4, -0.2) is 34.8 Å². The fourth-order valence-electron chi connectivity index (χ4n) is 3.22. The monoisotopic (exact) mass is 474 g/mol. The summed E-state index contributed by atoms with van der Waals surface area (Å²) >= 11 is 0. The molecule has 0 spiro atoms. The number of para-hydroxylation sites is 2. The Bertz CT molecular complexity index is 1290. The normalized spacial score (nSPS) is 10.4. The molecule has 3 aromatic carbocycles. The van der Waals surface area contributed by atoms with Gasteiger partial charge in [0.2, 0.25) is 0 Å². The van der Waals surface area contributed by atoms with Crippen LogP contribution in [0.15, 0.2) is 91.3 Å². The van der Waals surface area contributed by atoms with Gasteiger partial charge in [-0.15, -0.1) is 0 Å². The number of benzene rings is 3. The Morgan fingerprint density at radius 1 is 0.914 bits per heavy atom. The lowest BCUT2D eigenvalue weighted by Crippen LogP contribution is -2.22. The summed E-state index contributed by atoms with van der Waals surface area (Å²) < 4.78 is 26.8. The van der Waals surface area contributed by atoms with E-state index in [2.05, 4.69) is 15.7 Å². The molecule has 0 saturated heterocycles. The van der Waals surface area contributed by atoms with Gasteiger partial charge >= 0.3 is 0 Å². The number of carbonyl (C=O) groups excluding carboxylic acids is 2. The third-order valence-electron chi connectivity index (χ3n) is 4.88. The number of anilines is 2. The van der Waals surface area contributed by atoms with Crippen molar-refractivity contribution in [3.8, 4) is 11.5 Å². The van der Waals surface area contributed by atoms with Crippen molar-refractivity contribution < 1.29 is 23.5 Å². The second-order valence-corrected chi connectivity index (χ2v) is 7.41. The zero-order valence-electron chi connectivity index (χ0n) is 18.7. The number of hydrogen-bond acceptors (Lipinski definition) is 5. The Kier molecular flexibility index (Phi) is 7.70. The summed E-state index contributed by atoms with van der Waals surface area (Å²) in [6.07, 6.45) is 3.55. The van der Waals surface area contributed by atoms with Crippen LogP contribution >= 0.6 is 0 Å². The average Bonchev–Trinajstić information content (AvgIpc) is 3.38. The second kappa shape index (κ2) is 11.5. The Morgan fingerprint density at radius 2 is 1.74 bits per heavy atom. The highest BCUT2D eigenvalue weighted by Gasteiger charge is 2.15. The van der Waals surface area contributed by atoms with Crippen LogP contribution < -0.4 is 20.1 Å². The molecule has 0 radical (unpaired) electrons. The van der Waals surface area contributed by atoms with Gasteiger partial charge in [-0.25, -0.2) is 4.39 Å². The lowest BCUT2D eigenvalue weighted by molar-refractivity contribution is -0.118. The van der Waals surface area contributed by atoms with Gasteiger partial charge < -0.3 is 20.1 Å². The highest BCUT2D eigenvalue weighted by atomic mass is 19.1. The van der Waals surface area contributed by atoms with Crippen LogP contribution in [0.4, 0.5) is 15.8 Å². The molecule has 0 saturated carbocycles. The van der Waals surface area contributed by atoms with E-state index in [4.69, 9.17) is 9.47 Å². The van der Waals surface area contributed by atoms with E-state index in [1.165, 1.54) is 18.2 Å². The predicted molar refractivity (Wildman–Crippen MR) is 129 cm³/mol. The van der Waals surface area contributed by atoms with Crippen LogP contribution in [0.1, 0.15) is 10.4 Å². The molecule has 2 N–H and O–H groups in total. The van der Waals surface area contributed by atoms with E-state index in [1.54, 1.807) is 65.5 Å². The molecule has 1 aromatic heterocycles. The molecule has 8 nitrogen and oxygen atoms in total. The van der Waals surface area contributed by atoms with Crippen molar-refractivity contribution in [2.24, 2.45) is 0 Å². The van der Waals surface area contributed by atoms with Crippen molar-refractivity contribution in [2.45, 2.75) is 6.54 Å². The zero-order valence-corrected chi connectivity index (χ0v) is 18.7. The van der Waals surface area contributed by atoms with Crippen molar-refractivity contribution in [1.29, 1.82) is 0 Å². The average molecular weight is 474 g/mol. The minimum Gasteiger partial charge on any atom is -0.492 e. The Morgan fingerprint density at radius 3 is 2.57 bits per heavy atom. The van der Waals surface area contributed by atoms with Gasteiger partial charge in [-0.1, -0.05) is 30.3 Å². The minimum atomic E-state index is -0.551. The predicted octanol–water partition coefficient (Wildman–Crippen LogP) is 4.37. The third-order valence-corrected chi connectivity index (χ3v) is 4.88. The summed E-state index contributed by atoms with van der Waals surface area (Å²) in [4.78, 5) is 25.1. The highest BCUT2D eigenvalue weighted by molar-refractivity contribution is 6.06. The number of halogens is 1. The molecular formula is C26H23FN4O4. The number of rotatable bonds is 10. The van der Waals surface area contributed by atoms with Gasteiger partial charge in [-0.05, 0) is 42.5 Å². The largest absolute Gasteiger partial charge is 0.492 e. The first-order valence-corrected chi connectivity index (χ1v) is 10.9. The van der Waals surface area contributed by atoms with Crippen LogP contribution in [0, 0.1) is 5.82 Å². The lowest BCUT2D eigenvalue weighted by Gasteiger charge is -2.13. The number of nitrogens with one attached hydrogen (secondary N) is 2. The summed E-state index contributed by atoms with van der Waals surface area (Å²) in [6, 6.07) is 21.2. The fraction of sp³-hybridized carbons (Fsp3) is 0.115. The third kappa shape index (κ3) is 6.67. The van der Waals surface area contributed by atoms with Crippen molar-refractivity contribution in [2.75, 3.05) is 23.8 Å². The van der Waals surface area contributed by atoms with E-state index in [0.29, 0.717) is 24.6 Å². The first-order chi connectivity index (χ1) is 17.1. The number of hydrogen-bond donors (Lipinski definition) is 2. The number of nitrogens with zero attached hydrogens (tertiary/aromatic N) is 2. The number of carbonyl (C=O) groups is 2. The van der Waals surface area contributed by atoms with Gasteiger partial charge in [-0.2, -0.15) is 5.10 Å². The minimum absolute atomic E-state index is 0.0545. The Labute approximate surface area is 201 Å². The Hall–Kier alpha value is -4.66. The number of aromatic nitrogens is 2. The first-order valence-electron chi connectivity index (χ1n) is 10.9. The second-order valence-electron chi connectivity index (χ2n) is 7.41. The maximum Gasteiger partial charge on any atom is 0.262 e. The van der Waals surface area contributed by atoms with Crippen molar-refractivity contribution >= 4 is 23.2 Å². The standard InChI is InChI=1S/C26H23FN4O4/c27-22-10-2-3-11-23(22)30-25(32)18-35-24-12-4-1-9-21(24)26(33)29-19-7-5-8-20(17-19)34-16-15-31-14-6-13-28-31/h1-14,17H,15-16,18H2,(H,29,33)(H,30,32). The van der Waals surface area contributed by atoms with Crippen LogP contribution in [0.5, 0.6) is 11.5 Å². The molecule has 0 aliphatic rings. The number of amides is 2. The molecule has 0 unspecified atom stereocenters. The summed E-state index contributed by atoms with van der Waals surface area (Å²) in [5, 5.41) is 9.38. The molecule has 0 aliphatic heterocycles. The van der Waals surface area contributed by atoms with E-state index < -0.39 is 24.2 Å². The van der Waals surface area contributed by atoms with E-state index in [9.17, 15) is 14.0 Å². The van der Waals surface area contributed by atoms with Crippen LogP contribution in [0.3, 0.4) is 0 Å². The van der Waals surface area contributed by atoms with Gasteiger partial charge in [0.05, 0.1) is 17.8 Å². The molecule has 35 heavy (non-hydrogen) atoms. The summed E-state index contributed by atoms with van der Waals surface area (Å²) in [6.45, 7) is 0.627. The molecular weight excluding hydrogens is 451 g/mol. The molecule has 9 heteroatoms. The molecule has 0 atom stereocenters. The smallest absolute Gasteiger partial charge is 0.262 e. The van der Waals surface area contributed by atoms with Crippen LogP contribution in [-0.2, 0) is 11.3 Å². The maximum absolute atomic E-state index is 13.7. The molecule has 0 bridgehead atoms. The van der Waals surface area contributed by atoms with Crippen molar-refractivity contribution in [3.63, 3.8) is 0 Å². The van der Waals surface area contributed by atoms with Gasteiger partial charge in [0.1, 0.15) is 23.9 Å². The summed E-state index contributed by atoms with van der Waals surface area (Å²) in [5.41, 5.74) is 0.841. The van der Waals surface area contributed by atoms with Crippen LogP contribution in [0.25, 0.3) is 0 Å². The lowest BCUT2D eigenvalue weighted by atomic mass is 10.2. The summed E-state index contributed by atoms with van der Waals surface area (Å²) in [7, 11) is 0. The quantitative estimate of drug-likeness (QED) is 0.356. The zero-order chi connectivity index (χ0) is 24.5. The van der Waals surface area contributed by atoms with Gasteiger partial charge in [0, 0.05) is 24.1 Å². The molecule has 0 aliphatic carbocycles. The van der Waals surface area contributed by atoms with E-state index in [0.717, 1.165) is 0 Å². The number of ether oxygens (including phenoxy) is 2. The Balaban J connectivity index is 1.34. The molecule has 4 rings (SSSR count). The molecule has 1 heterocycles. The summed E-state index contributed by atoms with van der Waals surface area (Å²) in [5.74, 6) is -0.688. The van der Waals surface area contributed by atoms with Crippen LogP contribution in [0.2, 0.25) is 0 Å². The van der Waals surface area contributed by atoms with E-state index >= 15 is 0 Å². The van der Waals surface area contributed by atoms with Crippen molar-refractivity contribution in [3.05, 3.63) is 103 Å². The topological polar surface area (TPSA) is 94.5 Å². The maximum atomic E-state index is 13.7. The van der Waals surface area contributed by atoms with Crippen molar-refractivity contribution in [1.82, 2.24) is 9.78 Å². The SMILES string of the molecule is O=C(COc1ccccc1C(=O)Nc1cccc(OCCn2cccn2)c1)Nc1ccccc1F. The van der Waals surface area contributed by atoms with Gasteiger partial charge in [0.15, 0.2) is 6.61 Å². The van der Waals surface area contributed by atoms with Gasteiger partial charge in [0.25, 0.3) is 11.8 Å². The first kappa shape index (κ1) is 23.5. The molecule has 0 fully saturated rings. The molecule has 2 amide bonds. The molecule has 178 valence electrons. The van der Waals surface area contributed by atoms with E-state index in [-0.39, 0.29) is 17.0 Å². The van der Waals surface area contributed by atoms with E-state index in [1.807, 2.05) is 12.3 Å². The highest BCUT2D eigenvalue weighted by Crippen LogP contribution is 2.22. The molecule has 4 aromatic rings. The van der Waals surface area contributed by atoms with Gasteiger partial charge in [-0.3, -0.25) is 14.3 Å².